The van der Waals surface area contributed by atoms with Crippen molar-refractivity contribution in [1.82, 2.24) is 0 Å². The number of benzene rings is 2. The lowest BCUT2D eigenvalue weighted by atomic mass is 10.1. The Bertz CT molecular complexity index is 923. The molecule has 28 heavy (non-hydrogen) atoms. The Kier molecular flexibility index (Phi) is 5.08. The van der Waals surface area contributed by atoms with Gasteiger partial charge in [-0.15, -0.1) is 0 Å². The molecule has 146 valence electrons. The molecule has 1 aliphatic heterocycles. The van der Waals surface area contributed by atoms with Crippen LogP contribution in [0, 0.1) is 0 Å². The summed E-state index contributed by atoms with van der Waals surface area (Å²) in [6.45, 7) is 0. The first-order chi connectivity index (χ1) is 13.2. The minimum absolute atomic E-state index is 0.00891. The van der Waals surface area contributed by atoms with E-state index in [1.54, 1.807) is 0 Å². The number of ether oxygens (including phenoxy) is 1. The van der Waals surface area contributed by atoms with Crippen LogP contribution in [0.25, 0.3) is 0 Å². The molecule has 0 radical (unpaired) electrons. The van der Waals surface area contributed by atoms with Crippen LogP contribution in [0.2, 0.25) is 0 Å². The van der Waals surface area contributed by atoms with Gasteiger partial charge in [0.2, 0.25) is 11.8 Å². The van der Waals surface area contributed by atoms with Crippen LogP contribution in [-0.4, -0.2) is 24.8 Å². The van der Waals surface area contributed by atoms with Gasteiger partial charge >= 0.3 is 6.18 Å². The van der Waals surface area contributed by atoms with E-state index in [2.05, 4.69) is 5.32 Å². The second-order valence-corrected chi connectivity index (χ2v) is 6.03. The average molecular weight is 392 g/mol. The lowest BCUT2D eigenvalue weighted by molar-refractivity contribution is -0.137. The molecule has 1 fully saturated rings. The number of nitrogens with zero attached hydrogens (tertiary/aromatic N) is 1. The van der Waals surface area contributed by atoms with Gasteiger partial charge in [0.05, 0.1) is 24.0 Å². The highest BCUT2D eigenvalue weighted by Crippen LogP contribution is 2.37. The van der Waals surface area contributed by atoms with Crippen molar-refractivity contribution < 1.29 is 32.3 Å². The average Bonchev–Trinajstić information content (AvgIpc) is 2.99. The van der Waals surface area contributed by atoms with Crippen LogP contribution >= 0.6 is 0 Å². The van der Waals surface area contributed by atoms with Gasteiger partial charge in [-0.05, 0) is 42.5 Å². The zero-order valence-corrected chi connectivity index (χ0v) is 14.7. The van der Waals surface area contributed by atoms with Crippen LogP contribution in [0.5, 0.6) is 5.75 Å². The van der Waals surface area contributed by atoms with Crippen molar-refractivity contribution in [3.63, 3.8) is 0 Å². The monoisotopic (exact) mass is 392 g/mol. The molecule has 0 saturated carbocycles. The molecular formula is C19H15F3N2O4. The minimum Gasteiger partial charge on any atom is -0.497 e. The molecule has 9 heteroatoms. The molecule has 0 atom stereocenters. The quantitative estimate of drug-likeness (QED) is 0.807. The SMILES string of the molecule is COc1ccc(NC(=O)c2ccc(N3C(=O)CCC3=O)cc2)c(C(F)(F)F)c1. The number of carbonyl (C=O) groups is 3. The molecule has 6 nitrogen and oxygen atoms in total. The topological polar surface area (TPSA) is 75.7 Å². The van der Waals surface area contributed by atoms with Crippen LogP contribution in [-0.2, 0) is 15.8 Å². The Balaban J connectivity index is 1.82. The molecule has 0 unspecified atom stereocenters. The number of amides is 3. The summed E-state index contributed by atoms with van der Waals surface area (Å²) in [6, 6.07) is 8.67. The predicted molar refractivity (Wildman–Crippen MR) is 94.1 cm³/mol. The molecule has 1 aliphatic rings. The molecule has 0 aromatic heterocycles. The molecule has 3 amide bonds. The largest absolute Gasteiger partial charge is 0.497 e. The van der Waals surface area contributed by atoms with Gasteiger partial charge < -0.3 is 10.1 Å². The Morgan fingerprint density at radius 1 is 1.04 bits per heavy atom. The maximum Gasteiger partial charge on any atom is 0.418 e. The Labute approximate surface area is 157 Å². The second-order valence-electron chi connectivity index (χ2n) is 6.03. The molecule has 3 rings (SSSR count). The van der Waals surface area contributed by atoms with Crippen molar-refractivity contribution in [2.75, 3.05) is 17.3 Å². The minimum atomic E-state index is -4.68. The first-order valence-electron chi connectivity index (χ1n) is 8.23. The van der Waals surface area contributed by atoms with Crippen LogP contribution in [0.1, 0.15) is 28.8 Å². The number of carbonyl (C=O) groups excluding carboxylic acids is 3. The van der Waals surface area contributed by atoms with E-state index in [0.29, 0.717) is 5.69 Å². The van der Waals surface area contributed by atoms with E-state index in [9.17, 15) is 27.6 Å². The maximum absolute atomic E-state index is 13.2. The van der Waals surface area contributed by atoms with Crippen molar-refractivity contribution in [1.29, 1.82) is 0 Å². The maximum atomic E-state index is 13.2. The van der Waals surface area contributed by atoms with Gasteiger partial charge in [0.25, 0.3) is 5.91 Å². The van der Waals surface area contributed by atoms with Crippen molar-refractivity contribution in [3.8, 4) is 5.75 Å². The van der Waals surface area contributed by atoms with E-state index in [-0.39, 0.29) is 36.0 Å². The van der Waals surface area contributed by atoms with E-state index in [0.717, 1.165) is 17.0 Å². The predicted octanol–water partition coefficient (Wildman–Crippen LogP) is 3.62. The third-order valence-corrected chi connectivity index (χ3v) is 4.22. The summed E-state index contributed by atoms with van der Waals surface area (Å²) in [5.74, 6) is -1.43. The molecule has 2 aromatic rings. The number of hydrogen-bond donors (Lipinski definition) is 1. The van der Waals surface area contributed by atoms with Gasteiger partial charge in [0.1, 0.15) is 5.75 Å². The summed E-state index contributed by atoms with van der Waals surface area (Å²) >= 11 is 0. The fraction of sp³-hybridized carbons (Fsp3) is 0.211. The number of imide groups is 1. The van der Waals surface area contributed by atoms with E-state index in [4.69, 9.17) is 4.74 Å². The summed E-state index contributed by atoms with van der Waals surface area (Å²) in [4.78, 5) is 36.8. The molecule has 2 aromatic carbocycles. The number of methoxy groups -OCH3 is 1. The molecular weight excluding hydrogens is 377 g/mol. The second kappa shape index (κ2) is 7.34. The number of nitrogens with one attached hydrogen (secondary N) is 1. The molecule has 0 spiro atoms. The summed E-state index contributed by atoms with van der Waals surface area (Å²) in [5.41, 5.74) is -1.06. The van der Waals surface area contributed by atoms with E-state index < -0.39 is 23.3 Å². The van der Waals surface area contributed by atoms with Gasteiger partial charge in [0.15, 0.2) is 0 Å². The zero-order chi connectivity index (χ0) is 20.5. The number of anilines is 2. The molecule has 1 N–H and O–H groups in total. The third kappa shape index (κ3) is 3.83. The van der Waals surface area contributed by atoms with Crippen molar-refractivity contribution in [2.24, 2.45) is 0 Å². The normalized spacial score (nSPS) is 14.4. The highest BCUT2D eigenvalue weighted by molar-refractivity contribution is 6.20. The highest BCUT2D eigenvalue weighted by atomic mass is 19.4. The van der Waals surface area contributed by atoms with Gasteiger partial charge in [-0.3, -0.25) is 19.3 Å². The van der Waals surface area contributed by atoms with E-state index in [1.165, 1.54) is 37.4 Å². The molecule has 1 saturated heterocycles. The summed E-state index contributed by atoms with van der Waals surface area (Å²) in [5, 5.41) is 2.23. The van der Waals surface area contributed by atoms with Crippen molar-refractivity contribution >= 4 is 29.1 Å². The smallest absolute Gasteiger partial charge is 0.418 e. The lowest BCUT2D eigenvalue weighted by Crippen LogP contribution is -2.28. The molecule has 1 heterocycles. The van der Waals surface area contributed by atoms with Gasteiger partial charge in [-0.1, -0.05) is 0 Å². The van der Waals surface area contributed by atoms with Crippen LogP contribution in [0.15, 0.2) is 42.5 Å². The Morgan fingerprint density at radius 2 is 1.64 bits per heavy atom. The highest BCUT2D eigenvalue weighted by Gasteiger charge is 2.35. The number of alkyl halides is 3. The summed E-state index contributed by atoms with van der Waals surface area (Å²) in [7, 11) is 1.24. The van der Waals surface area contributed by atoms with Gasteiger partial charge in [-0.25, -0.2) is 0 Å². The standard InChI is InChI=1S/C19H15F3N2O4/c1-28-13-6-7-15(14(10-13)19(20,21)22)23-18(27)11-2-4-12(5-3-11)24-16(25)8-9-17(24)26/h2-7,10H,8-9H2,1H3,(H,23,27). The number of hydrogen-bond acceptors (Lipinski definition) is 4. The Morgan fingerprint density at radius 3 is 2.18 bits per heavy atom. The summed E-state index contributed by atoms with van der Waals surface area (Å²) < 4.78 is 44.5. The summed E-state index contributed by atoms with van der Waals surface area (Å²) in [6.07, 6.45) is -4.44. The first kappa shape index (κ1) is 19.4. The zero-order valence-electron chi connectivity index (χ0n) is 14.7. The molecule has 0 bridgehead atoms. The number of halogens is 3. The molecule has 0 aliphatic carbocycles. The lowest BCUT2D eigenvalue weighted by Gasteiger charge is -2.16. The number of rotatable bonds is 4. The van der Waals surface area contributed by atoms with Gasteiger partial charge in [0, 0.05) is 18.4 Å². The fourth-order valence-corrected chi connectivity index (χ4v) is 2.81. The Hall–Kier alpha value is -3.36. The van der Waals surface area contributed by atoms with Crippen molar-refractivity contribution in [2.45, 2.75) is 19.0 Å². The van der Waals surface area contributed by atoms with E-state index in [1.807, 2.05) is 0 Å². The third-order valence-electron chi connectivity index (χ3n) is 4.22. The first-order valence-corrected chi connectivity index (χ1v) is 8.23. The van der Waals surface area contributed by atoms with Crippen LogP contribution in [0.4, 0.5) is 24.5 Å². The van der Waals surface area contributed by atoms with E-state index >= 15 is 0 Å². The van der Waals surface area contributed by atoms with Gasteiger partial charge in [-0.2, -0.15) is 13.2 Å². The van der Waals surface area contributed by atoms with Crippen LogP contribution < -0.4 is 15.0 Å². The van der Waals surface area contributed by atoms with Crippen LogP contribution in [0.3, 0.4) is 0 Å². The van der Waals surface area contributed by atoms with Crippen molar-refractivity contribution in [3.05, 3.63) is 53.6 Å². The fourth-order valence-electron chi connectivity index (χ4n) is 2.81.